The molecule has 0 aromatic carbocycles. The summed E-state index contributed by atoms with van der Waals surface area (Å²) < 4.78 is 11.6. The van der Waals surface area contributed by atoms with Gasteiger partial charge in [0.05, 0.1) is 6.10 Å². The average molecular weight is 336 g/mol. The molecule has 1 aliphatic heterocycles. The summed E-state index contributed by atoms with van der Waals surface area (Å²) >= 11 is 0. The van der Waals surface area contributed by atoms with Gasteiger partial charge >= 0.3 is 5.97 Å². The zero-order chi connectivity index (χ0) is 15.8. The van der Waals surface area contributed by atoms with E-state index in [-0.39, 0.29) is 30.6 Å². The molecule has 5 heteroatoms. The molecule has 0 unspecified atom stereocenters. The van der Waals surface area contributed by atoms with E-state index < -0.39 is 6.04 Å². The van der Waals surface area contributed by atoms with E-state index in [1.807, 2.05) is 6.92 Å². The Morgan fingerprint density at radius 3 is 2.64 bits per heavy atom. The van der Waals surface area contributed by atoms with Crippen molar-refractivity contribution >= 4 is 18.4 Å². The molecular formula is C17H34ClNO3. The van der Waals surface area contributed by atoms with Gasteiger partial charge in [0, 0.05) is 6.61 Å². The van der Waals surface area contributed by atoms with Gasteiger partial charge in [0.25, 0.3) is 0 Å². The van der Waals surface area contributed by atoms with E-state index in [1.54, 1.807) is 0 Å². The summed E-state index contributed by atoms with van der Waals surface area (Å²) in [6.45, 7) is 9.26. The van der Waals surface area contributed by atoms with E-state index in [0.717, 1.165) is 32.3 Å². The molecule has 0 radical (unpaired) electrons. The predicted molar refractivity (Wildman–Crippen MR) is 92.2 cm³/mol. The van der Waals surface area contributed by atoms with Crippen molar-refractivity contribution in [2.24, 2.45) is 17.6 Å². The number of cyclic esters (lactones) is 1. The fourth-order valence-corrected chi connectivity index (χ4v) is 2.98. The van der Waals surface area contributed by atoms with Gasteiger partial charge in [-0.25, -0.2) is 0 Å². The summed E-state index contributed by atoms with van der Waals surface area (Å²) in [6, 6.07) is -0.483. The van der Waals surface area contributed by atoms with Crippen LogP contribution in [0.5, 0.6) is 0 Å². The van der Waals surface area contributed by atoms with Crippen molar-refractivity contribution in [3.63, 3.8) is 0 Å². The predicted octanol–water partition coefficient (Wildman–Crippen LogP) is 3.70. The van der Waals surface area contributed by atoms with E-state index in [0.29, 0.717) is 18.3 Å². The van der Waals surface area contributed by atoms with Crippen LogP contribution in [0, 0.1) is 11.8 Å². The second kappa shape index (κ2) is 11.3. The van der Waals surface area contributed by atoms with Gasteiger partial charge in [-0.1, -0.05) is 33.6 Å². The number of halogens is 1. The lowest BCUT2D eigenvalue weighted by Gasteiger charge is -2.31. The molecule has 132 valence electrons. The molecule has 1 aliphatic rings. The molecule has 4 nitrogen and oxygen atoms in total. The van der Waals surface area contributed by atoms with Gasteiger partial charge in [0.15, 0.2) is 0 Å². The maximum absolute atomic E-state index is 11.9. The van der Waals surface area contributed by atoms with Gasteiger partial charge in [-0.3, -0.25) is 4.79 Å². The highest BCUT2D eigenvalue weighted by Crippen LogP contribution is 2.28. The molecule has 0 bridgehead atoms. The van der Waals surface area contributed by atoms with E-state index in [4.69, 9.17) is 15.2 Å². The number of carbonyl (C=O) groups is 1. The van der Waals surface area contributed by atoms with Crippen molar-refractivity contribution in [2.75, 3.05) is 6.61 Å². The third-order valence-electron chi connectivity index (χ3n) is 4.25. The number of hydrogen-bond acceptors (Lipinski definition) is 4. The van der Waals surface area contributed by atoms with Crippen LogP contribution in [0.25, 0.3) is 0 Å². The number of nitrogens with two attached hydrogens (primary N) is 1. The number of esters is 1. The maximum Gasteiger partial charge on any atom is 0.323 e. The smallest absolute Gasteiger partial charge is 0.323 e. The summed E-state index contributed by atoms with van der Waals surface area (Å²) in [5.41, 5.74) is 5.88. The minimum atomic E-state index is -0.483. The van der Waals surface area contributed by atoms with Crippen molar-refractivity contribution in [1.29, 1.82) is 0 Å². The van der Waals surface area contributed by atoms with E-state index in [2.05, 4.69) is 20.8 Å². The minimum Gasteiger partial charge on any atom is -0.459 e. The Bertz CT molecular complexity index is 312. The minimum absolute atomic E-state index is 0. The second-order valence-corrected chi connectivity index (χ2v) is 6.75. The highest BCUT2D eigenvalue weighted by molar-refractivity contribution is 5.85. The van der Waals surface area contributed by atoms with Gasteiger partial charge < -0.3 is 15.2 Å². The Labute approximate surface area is 141 Å². The Morgan fingerprint density at radius 2 is 2.05 bits per heavy atom. The highest BCUT2D eigenvalue weighted by atomic mass is 35.5. The fourth-order valence-electron chi connectivity index (χ4n) is 2.98. The van der Waals surface area contributed by atoms with Gasteiger partial charge in [0.1, 0.15) is 12.1 Å². The lowest BCUT2D eigenvalue weighted by atomic mass is 9.86. The molecule has 0 aromatic rings. The van der Waals surface area contributed by atoms with Crippen molar-refractivity contribution in [1.82, 2.24) is 0 Å². The Hall–Kier alpha value is -0.320. The van der Waals surface area contributed by atoms with Crippen LogP contribution in [0.1, 0.15) is 66.2 Å². The first-order valence-corrected chi connectivity index (χ1v) is 8.53. The molecule has 0 aliphatic carbocycles. The highest BCUT2D eigenvalue weighted by Gasteiger charge is 2.33. The standard InChI is InChI=1S/C17H33NO3.ClH/c1-5-11-20-16-13(4)21-17(19)15(18)8-6-7-14(16)10-9-12(2)3;/h12-16H,5-11,18H2,1-4H3;1H/t13-,14+,15-,16-;/m0./s1. The Balaban J connectivity index is 0.00000441. The summed E-state index contributed by atoms with van der Waals surface area (Å²) in [7, 11) is 0. The molecule has 4 atom stereocenters. The first-order chi connectivity index (χ1) is 9.95. The molecule has 1 fully saturated rings. The van der Waals surface area contributed by atoms with Crippen LogP contribution in [-0.4, -0.2) is 30.8 Å². The van der Waals surface area contributed by atoms with E-state index in [9.17, 15) is 4.79 Å². The summed E-state index contributed by atoms with van der Waals surface area (Å²) in [5, 5.41) is 0. The normalized spacial score (nSPS) is 30.0. The second-order valence-electron chi connectivity index (χ2n) is 6.75. The van der Waals surface area contributed by atoms with E-state index >= 15 is 0 Å². The van der Waals surface area contributed by atoms with Crippen molar-refractivity contribution < 1.29 is 14.3 Å². The number of rotatable bonds is 6. The van der Waals surface area contributed by atoms with Crippen LogP contribution in [0.15, 0.2) is 0 Å². The Kier molecular flexibility index (Phi) is 11.1. The molecule has 0 amide bonds. The third-order valence-corrected chi connectivity index (χ3v) is 4.25. The van der Waals surface area contributed by atoms with Crippen molar-refractivity contribution in [3.8, 4) is 0 Å². The zero-order valence-corrected chi connectivity index (χ0v) is 15.4. The average Bonchev–Trinajstić information content (AvgIpc) is 2.47. The van der Waals surface area contributed by atoms with Crippen molar-refractivity contribution in [3.05, 3.63) is 0 Å². The van der Waals surface area contributed by atoms with Crippen LogP contribution >= 0.6 is 12.4 Å². The number of ether oxygens (including phenoxy) is 2. The van der Waals surface area contributed by atoms with Crippen LogP contribution in [0.2, 0.25) is 0 Å². The first kappa shape index (κ1) is 21.7. The topological polar surface area (TPSA) is 61.5 Å². The van der Waals surface area contributed by atoms with Crippen LogP contribution in [0.4, 0.5) is 0 Å². The van der Waals surface area contributed by atoms with Gasteiger partial charge in [-0.15, -0.1) is 12.4 Å². The lowest BCUT2D eigenvalue weighted by molar-refractivity contribution is -0.160. The fraction of sp³-hybridized carbons (Fsp3) is 0.941. The lowest BCUT2D eigenvalue weighted by Crippen LogP contribution is -2.40. The third kappa shape index (κ3) is 7.30. The van der Waals surface area contributed by atoms with Gasteiger partial charge in [0.2, 0.25) is 0 Å². The maximum atomic E-state index is 11.9. The molecule has 1 heterocycles. The molecule has 0 spiro atoms. The Morgan fingerprint density at radius 1 is 1.36 bits per heavy atom. The largest absolute Gasteiger partial charge is 0.459 e. The quantitative estimate of drug-likeness (QED) is 0.752. The van der Waals surface area contributed by atoms with Gasteiger partial charge in [-0.05, 0) is 44.4 Å². The van der Waals surface area contributed by atoms with Crippen LogP contribution < -0.4 is 5.73 Å². The van der Waals surface area contributed by atoms with Crippen LogP contribution in [-0.2, 0) is 14.3 Å². The first-order valence-electron chi connectivity index (χ1n) is 8.53. The molecule has 2 N–H and O–H groups in total. The molecular weight excluding hydrogens is 302 g/mol. The van der Waals surface area contributed by atoms with Crippen molar-refractivity contribution in [2.45, 2.75) is 84.5 Å². The molecule has 1 rings (SSSR count). The van der Waals surface area contributed by atoms with E-state index in [1.165, 1.54) is 6.42 Å². The summed E-state index contributed by atoms with van der Waals surface area (Å²) in [4.78, 5) is 11.9. The molecule has 1 saturated heterocycles. The monoisotopic (exact) mass is 335 g/mol. The number of carbonyl (C=O) groups excluding carboxylic acids is 1. The summed E-state index contributed by atoms with van der Waals surface area (Å²) in [5.74, 6) is 0.855. The summed E-state index contributed by atoms with van der Waals surface area (Å²) in [6.07, 6.45) is 5.82. The van der Waals surface area contributed by atoms with Crippen LogP contribution in [0.3, 0.4) is 0 Å². The molecule has 22 heavy (non-hydrogen) atoms. The van der Waals surface area contributed by atoms with Gasteiger partial charge in [-0.2, -0.15) is 0 Å². The number of hydrogen-bond donors (Lipinski definition) is 1. The molecule has 0 saturated carbocycles. The zero-order valence-electron chi connectivity index (χ0n) is 14.5. The SMILES string of the molecule is CCCO[C@@H]1[C@@H](CCC(C)C)CCC[C@H](N)C(=O)O[C@H]1C.Cl. The molecule has 0 aromatic heterocycles.